The SMILES string of the molecule is COc1cc2nccc(Oc3ccc(NC(=O)c4c(C)c(C)nn(-c5ccc(F)cc5)c4=O)cc3F)c2nc1OC. The predicted molar refractivity (Wildman–Crippen MR) is 146 cm³/mol. The molecule has 0 aliphatic carbocycles. The van der Waals surface area contributed by atoms with Crippen molar-refractivity contribution in [3.8, 4) is 28.8 Å². The average Bonchev–Trinajstić information content (AvgIpc) is 2.96. The van der Waals surface area contributed by atoms with E-state index >= 15 is 4.39 Å². The van der Waals surface area contributed by atoms with Crippen LogP contribution in [0.2, 0.25) is 0 Å². The molecule has 0 radical (unpaired) electrons. The van der Waals surface area contributed by atoms with E-state index in [4.69, 9.17) is 14.2 Å². The first-order valence-electron chi connectivity index (χ1n) is 12.2. The molecule has 12 heteroatoms. The van der Waals surface area contributed by atoms with E-state index in [0.29, 0.717) is 28.0 Å². The van der Waals surface area contributed by atoms with E-state index in [9.17, 15) is 14.0 Å². The second-order valence-corrected chi connectivity index (χ2v) is 8.86. The summed E-state index contributed by atoms with van der Waals surface area (Å²) < 4.78 is 45.8. The topological polar surface area (TPSA) is 117 Å². The van der Waals surface area contributed by atoms with Crippen LogP contribution in [0.4, 0.5) is 14.5 Å². The minimum atomic E-state index is -0.778. The number of carbonyl (C=O) groups is 1. The van der Waals surface area contributed by atoms with Crippen LogP contribution in [0.15, 0.2) is 65.6 Å². The Bertz CT molecular complexity index is 1860. The van der Waals surface area contributed by atoms with Crippen LogP contribution in [0.3, 0.4) is 0 Å². The summed E-state index contributed by atoms with van der Waals surface area (Å²) in [6.07, 6.45) is 1.48. The van der Waals surface area contributed by atoms with Gasteiger partial charge >= 0.3 is 0 Å². The van der Waals surface area contributed by atoms with Crippen LogP contribution in [-0.4, -0.2) is 39.9 Å². The van der Waals surface area contributed by atoms with E-state index in [2.05, 4.69) is 20.4 Å². The van der Waals surface area contributed by atoms with Crippen LogP contribution in [0, 0.1) is 25.5 Å². The van der Waals surface area contributed by atoms with Crippen LogP contribution in [0.5, 0.6) is 23.1 Å². The number of hydrogen-bond donors (Lipinski definition) is 1. The Morgan fingerprint density at radius 1 is 0.927 bits per heavy atom. The lowest BCUT2D eigenvalue weighted by Crippen LogP contribution is -2.32. The van der Waals surface area contributed by atoms with Crippen molar-refractivity contribution in [1.82, 2.24) is 19.7 Å². The van der Waals surface area contributed by atoms with Gasteiger partial charge in [0.2, 0.25) is 0 Å². The molecule has 3 heterocycles. The number of aryl methyl sites for hydroxylation is 1. The minimum Gasteiger partial charge on any atom is -0.491 e. The van der Waals surface area contributed by atoms with Gasteiger partial charge in [-0.25, -0.2) is 13.8 Å². The Morgan fingerprint density at radius 3 is 2.37 bits per heavy atom. The number of pyridine rings is 2. The first kappa shape index (κ1) is 27.2. The Kier molecular flexibility index (Phi) is 7.30. The van der Waals surface area contributed by atoms with E-state index in [0.717, 1.165) is 10.7 Å². The number of benzene rings is 2. The van der Waals surface area contributed by atoms with Crippen LogP contribution in [0.25, 0.3) is 16.7 Å². The number of methoxy groups -OCH3 is 2. The molecule has 0 atom stereocenters. The highest BCUT2D eigenvalue weighted by Crippen LogP contribution is 2.35. The molecule has 0 unspecified atom stereocenters. The molecule has 10 nitrogen and oxygen atoms in total. The molecule has 1 N–H and O–H groups in total. The molecular formula is C29H23F2N5O5. The summed E-state index contributed by atoms with van der Waals surface area (Å²) in [5, 5.41) is 6.79. The number of aromatic nitrogens is 4. The van der Waals surface area contributed by atoms with E-state index < -0.39 is 23.1 Å². The molecule has 41 heavy (non-hydrogen) atoms. The Balaban J connectivity index is 1.43. The van der Waals surface area contributed by atoms with E-state index in [1.54, 1.807) is 19.9 Å². The normalized spacial score (nSPS) is 10.9. The highest BCUT2D eigenvalue weighted by Gasteiger charge is 2.21. The van der Waals surface area contributed by atoms with Crippen molar-refractivity contribution in [2.24, 2.45) is 0 Å². The minimum absolute atomic E-state index is 0.0885. The third-order valence-corrected chi connectivity index (χ3v) is 6.30. The number of anilines is 1. The van der Waals surface area contributed by atoms with Crippen molar-refractivity contribution in [3.63, 3.8) is 0 Å². The number of amides is 1. The monoisotopic (exact) mass is 559 g/mol. The molecule has 5 rings (SSSR count). The van der Waals surface area contributed by atoms with Gasteiger partial charge in [0.25, 0.3) is 17.3 Å². The third kappa shape index (κ3) is 5.26. The van der Waals surface area contributed by atoms with Gasteiger partial charge in [-0.1, -0.05) is 0 Å². The van der Waals surface area contributed by atoms with Gasteiger partial charge in [-0.3, -0.25) is 14.6 Å². The van der Waals surface area contributed by atoms with Gasteiger partial charge < -0.3 is 19.5 Å². The highest BCUT2D eigenvalue weighted by molar-refractivity contribution is 6.05. The molecule has 1 amide bonds. The quantitative estimate of drug-likeness (QED) is 0.292. The number of fused-ring (bicyclic) bond motifs is 1. The fourth-order valence-electron chi connectivity index (χ4n) is 4.10. The molecule has 208 valence electrons. The van der Waals surface area contributed by atoms with Gasteiger partial charge in [0.1, 0.15) is 16.9 Å². The molecular weight excluding hydrogens is 536 g/mol. The number of halogens is 2. The highest BCUT2D eigenvalue weighted by atomic mass is 19.1. The zero-order valence-corrected chi connectivity index (χ0v) is 22.4. The zero-order chi connectivity index (χ0) is 29.3. The molecule has 0 aliphatic heterocycles. The summed E-state index contributed by atoms with van der Waals surface area (Å²) in [7, 11) is 2.91. The second kappa shape index (κ2) is 11.0. The van der Waals surface area contributed by atoms with Gasteiger partial charge in [-0.05, 0) is 55.8 Å². The number of rotatable bonds is 7. The van der Waals surface area contributed by atoms with Crippen molar-refractivity contribution in [2.45, 2.75) is 13.8 Å². The van der Waals surface area contributed by atoms with Crippen LogP contribution in [-0.2, 0) is 0 Å². The summed E-state index contributed by atoms with van der Waals surface area (Å²) in [6.45, 7) is 3.23. The van der Waals surface area contributed by atoms with Crippen molar-refractivity contribution >= 4 is 22.6 Å². The Labute approximate surface area is 232 Å². The van der Waals surface area contributed by atoms with E-state index in [-0.39, 0.29) is 34.3 Å². The van der Waals surface area contributed by atoms with E-state index in [1.165, 1.54) is 62.9 Å². The first-order chi connectivity index (χ1) is 19.7. The van der Waals surface area contributed by atoms with Crippen molar-refractivity contribution in [3.05, 3.63) is 99.6 Å². The van der Waals surface area contributed by atoms with Crippen molar-refractivity contribution < 1.29 is 27.8 Å². The van der Waals surface area contributed by atoms with Crippen molar-refractivity contribution in [2.75, 3.05) is 19.5 Å². The van der Waals surface area contributed by atoms with Gasteiger partial charge in [-0.15, -0.1) is 0 Å². The number of hydrogen-bond acceptors (Lipinski definition) is 8. The lowest BCUT2D eigenvalue weighted by Gasteiger charge is -2.14. The van der Waals surface area contributed by atoms with Crippen molar-refractivity contribution in [1.29, 1.82) is 0 Å². The summed E-state index contributed by atoms with van der Waals surface area (Å²) in [6, 6.07) is 12.1. The molecule has 2 aromatic carbocycles. The maximum Gasteiger partial charge on any atom is 0.284 e. The number of ether oxygens (including phenoxy) is 3. The second-order valence-electron chi connectivity index (χ2n) is 8.86. The summed E-state index contributed by atoms with van der Waals surface area (Å²) in [5.41, 5.74) is 1.03. The lowest BCUT2D eigenvalue weighted by atomic mass is 10.1. The molecule has 0 spiro atoms. The lowest BCUT2D eigenvalue weighted by molar-refractivity contribution is 0.102. The number of nitrogens with zero attached hydrogens (tertiary/aromatic N) is 4. The number of carbonyl (C=O) groups excluding carboxylic acids is 1. The fraction of sp³-hybridized carbons (Fsp3) is 0.138. The largest absolute Gasteiger partial charge is 0.491 e. The third-order valence-electron chi connectivity index (χ3n) is 6.30. The fourth-order valence-corrected chi connectivity index (χ4v) is 4.10. The summed E-state index contributed by atoms with van der Waals surface area (Å²) in [5.74, 6) is -1.35. The standard InChI is InChI=1S/C29H23F2N5O5/c1-15-16(2)35-36(19-8-5-17(30)6-9-19)29(38)25(15)27(37)33-18-7-10-22(20(31)13-18)41-23-11-12-32-21-14-24(39-3)28(40-4)34-26(21)23/h5-14H,1-4H3,(H,33,37). The van der Waals surface area contributed by atoms with Gasteiger partial charge in [-0.2, -0.15) is 9.78 Å². The average molecular weight is 560 g/mol. The van der Waals surface area contributed by atoms with Crippen LogP contribution >= 0.6 is 0 Å². The molecule has 3 aromatic heterocycles. The van der Waals surface area contributed by atoms with E-state index in [1.807, 2.05) is 0 Å². The number of nitrogens with one attached hydrogen (secondary N) is 1. The molecule has 0 fully saturated rings. The first-order valence-corrected chi connectivity index (χ1v) is 12.2. The summed E-state index contributed by atoms with van der Waals surface area (Å²) in [4.78, 5) is 35.0. The molecule has 0 saturated carbocycles. The maximum atomic E-state index is 15.1. The molecule has 0 aliphatic rings. The Morgan fingerprint density at radius 2 is 1.68 bits per heavy atom. The smallest absolute Gasteiger partial charge is 0.284 e. The maximum absolute atomic E-state index is 15.1. The van der Waals surface area contributed by atoms with Gasteiger partial charge in [0.15, 0.2) is 23.1 Å². The van der Waals surface area contributed by atoms with Crippen LogP contribution in [0.1, 0.15) is 21.6 Å². The zero-order valence-electron chi connectivity index (χ0n) is 22.4. The Hall–Kier alpha value is -5.39. The molecule has 0 bridgehead atoms. The molecule has 0 saturated heterocycles. The van der Waals surface area contributed by atoms with Gasteiger partial charge in [0.05, 0.1) is 31.1 Å². The summed E-state index contributed by atoms with van der Waals surface area (Å²) >= 11 is 0. The molecule has 5 aromatic rings. The van der Waals surface area contributed by atoms with Gasteiger partial charge in [0, 0.05) is 30.1 Å². The van der Waals surface area contributed by atoms with Crippen LogP contribution < -0.4 is 25.1 Å². The predicted octanol–water partition coefficient (Wildman–Crippen LogP) is 5.13.